The van der Waals surface area contributed by atoms with Crippen molar-refractivity contribution in [1.29, 1.82) is 5.26 Å². The van der Waals surface area contributed by atoms with Gasteiger partial charge in [-0.25, -0.2) is 4.99 Å². The van der Waals surface area contributed by atoms with E-state index >= 15 is 0 Å². The first-order chi connectivity index (χ1) is 14.0. The maximum Gasteiger partial charge on any atom is 0.264 e. The molecule has 0 spiro atoms. The maximum atomic E-state index is 12.4. The summed E-state index contributed by atoms with van der Waals surface area (Å²) < 4.78 is 11.6. The Labute approximate surface area is 187 Å². The summed E-state index contributed by atoms with van der Waals surface area (Å²) in [5.74, 6) is 0.822. The number of nitriles is 1. The van der Waals surface area contributed by atoms with Crippen LogP contribution >= 0.6 is 34.4 Å². The molecule has 2 aromatic rings. The van der Waals surface area contributed by atoms with Crippen LogP contribution in [0.1, 0.15) is 18.1 Å². The standard InChI is InChI=1S/C21H18IN3O3S/c1-3-13-4-6-15(7-5-13)24-21-25-20(26)18(29-21)12-14-10-16(22)19(28-9-8-23)17(11-14)27-2/h4-7,10-12H,3,9H2,1-2H3,(H,24,25,26)/b18-12-. The van der Waals surface area contributed by atoms with Crippen LogP contribution < -0.4 is 14.8 Å². The molecule has 29 heavy (non-hydrogen) atoms. The van der Waals surface area contributed by atoms with Gasteiger partial charge in [0.15, 0.2) is 23.3 Å². The topological polar surface area (TPSA) is 83.7 Å². The third-order valence-electron chi connectivity index (χ3n) is 4.06. The number of aliphatic imine (C=N–C) groups is 1. The average molecular weight is 519 g/mol. The number of halogens is 1. The first-order valence-corrected chi connectivity index (χ1v) is 10.7. The molecule has 3 rings (SSSR count). The fourth-order valence-electron chi connectivity index (χ4n) is 2.62. The molecular weight excluding hydrogens is 501 g/mol. The van der Waals surface area contributed by atoms with Crippen LogP contribution in [0, 0.1) is 14.9 Å². The lowest BCUT2D eigenvalue weighted by Crippen LogP contribution is -2.19. The van der Waals surface area contributed by atoms with Crippen molar-refractivity contribution in [2.45, 2.75) is 13.3 Å². The van der Waals surface area contributed by atoms with Gasteiger partial charge in [-0.1, -0.05) is 19.1 Å². The Hall–Kier alpha value is -2.51. The van der Waals surface area contributed by atoms with Crippen molar-refractivity contribution in [3.8, 4) is 17.6 Å². The number of nitrogens with zero attached hydrogens (tertiary/aromatic N) is 2. The van der Waals surface area contributed by atoms with Crippen molar-refractivity contribution in [3.63, 3.8) is 0 Å². The second-order valence-electron chi connectivity index (χ2n) is 5.98. The molecule has 0 atom stereocenters. The molecule has 0 radical (unpaired) electrons. The molecule has 148 valence electrons. The number of methoxy groups -OCH3 is 1. The van der Waals surface area contributed by atoms with E-state index in [-0.39, 0.29) is 12.5 Å². The van der Waals surface area contributed by atoms with Crippen molar-refractivity contribution in [1.82, 2.24) is 5.32 Å². The van der Waals surface area contributed by atoms with Crippen molar-refractivity contribution in [2.24, 2.45) is 4.99 Å². The number of thioether (sulfide) groups is 1. The lowest BCUT2D eigenvalue weighted by molar-refractivity contribution is -0.115. The van der Waals surface area contributed by atoms with Crippen molar-refractivity contribution in [3.05, 3.63) is 56.0 Å². The summed E-state index contributed by atoms with van der Waals surface area (Å²) in [5.41, 5.74) is 2.83. The number of aryl methyl sites for hydroxylation is 1. The van der Waals surface area contributed by atoms with E-state index in [1.165, 1.54) is 24.4 Å². The number of amides is 1. The van der Waals surface area contributed by atoms with Crippen molar-refractivity contribution in [2.75, 3.05) is 13.7 Å². The Morgan fingerprint density at radius 1 is 1.31 bits per heavy atom. The Balaban J connectivity index is 1.83. The second kappa shape index (κ2) is 9.80. The normalized spacial score (nSPS) is 16.0. The molecule has 8 heteroatoms. The summed E-state index contributed by atoms with van der Waals surface area (Å²) in [4.78, 5) is 17.4. The number of carbonyl (C=O) groups excluding carboxylic acids is 1. The van der Waals surface area contributed by atoms with Gasteiger partial charge >= 0.3 is 0 Å². The van der Waals surface area contributed by atoms with Crippen LogP contribution in [0.15, 0.2) is 46.3 Å². The molecule has 2 aromatic carbocycles. The van der Waals surface area contributed by atoms with E-state index in [4.69, 9.17) is 14.7 Å². The molecule has 1 N–H and O–H groups in total. The van der Waals surface area contributed by atoms with Gasteiger partial charge in [-0.2, -0.15) is 5.26 Å². The van der Waals surface area contributed by atoms with Crippen molar-refractivity contribution >= 4 is 57.2 Å². The zero-order valence-electron chi connectivity index (χ0n) is 15.9. The van der Waals surface area contributed by atoms with Gasteiger partial charge in [0, 0.05) is 0 Å². The summed E-state index contributed by atoms with van der Waals surface area (Å²) in [6.07, 6.45) is 2.75. The van der Waals surface area contributed by atoms with E-state index in [9.17, 15) is 4.79 Å². The predicted molar refractivity (Wildman–Crippen MR) is 123 cm³/mol. The first-order valence-electron chi connectivity index (χ1n) is 8.79. The highest BCUT2D eigenvalue weighted by atomic mass is 127. The molecule has 1 amide bonds. The van der Waals surface area contributed by atoms with Gasteiger partial charge in [0.25, 0.3) is 5.91 Å². The SMILES string of the molecule is CCc1ccc(N=C2NC(=O)/C(=C/c3cc(I)c(OCC#N)c(OC)c3)S2)cc1. The Kier molecular flexibility index (Phi) is 7.17. The number of nitrogens with one attached hydrogen (secondary N) is 1. The first kappa shape index (κ1) is 21.2. The van der Waals surface area contributed by atoms with E-state index in [0.29, 0.717) is 21.6 Å². The maximum absolute atomic E-state index is 12.4. The Morgan fingerprint density at radius 3 is 2.72 bits per heavy atom. The third kappa shape index (κ3) is 5.31. The molecule has 1 saturated heterocycles. The van der Waals surface area contributed by atoms with Gasteiger partial charge in [-0.05, 0) is 82.2 Å². The molecule has 1 aliphatic rings. The Morgan fingerprint density at radius 2 is 2.07 bits per heavy atom. The highest BCUT2D eigenvalue weighted by Crippen LogP contribution is 2.36. The molecule has 1 fully saturated rings. The van der Waals surface area contributed by atoms with Gasteiger partial charge in [0.1, 0.15) is 6.07 Å². The smallest absolute Gasteiger partial charge is 0.264 e. The van der Waals surface area contributed by atoms with Crippen LogP contribution in [0.5, 0.6) is 11.5 Å². The number of carbonyl (C=O) groups is 1. The van der Waals surface area contributed by atoms with Gasteiger partial charge in [-0.15, -0.1) is 0 Å². The average Bonchev–Trinajstić information content (AvgIpc) is 3.06. The lowest BCUT2D eigenvalue weighted by atomic mass is 10.2. The summed E-state index contributed by atoms with van der Waals surface area (Å²) in [7, 11) is 1.53. The predicted octanol–water partition coefficient (Wildman–Crippen LogP) is 4.66. The molecule has 1 aliphatic heterocycles. The van der Waals surface area contributed by atoms with Crippen molar-refractivity contribution < 1.29 is 14.3 Å². The van der Waals surface area contributed by atoms with E-state index in [1.54, 1.807) is 12.1 Å². The summed E-state index contributed by atoms with van der Waals surface area (Å²) in [6.45, 7) is 2.04. The number of amidine groups is 1. The third-order valence-corrected chi connectivity index (χ3v) is 5.77. The number of hydrogen-bond acceptors (Lipinski definition) is 6. The monoisotopic (exact) mass is 519 g/mol. The lowest BCUT2D eigenvalue weighted by Gasteiger charge is -2.11. The van der Waals surface area contributed by atoms with Crippen LogP contribution in [0.2, 0.25) is 0 Å². The fourth-order valence-corrected chi connectivity index (χ4v) is 4.25. The zero-order valence-corrected chi connectivity index (χ0v) is 18.8. The van der Waals surface area contributed by atoms with Crippen LogP contribution in [0.4, 0.5) is 5.69 Å². The van der Waals surface area contributed by atoms with Gasteiger partial charge in [-0.3, -0.25) is 4.79 Å². The fraction of sp³-hybridized carbons (Fsp3) is 0.190. The van der Waals surface area contributed by atoms with Crippen LogP contribution in [-0.4, -0.2) is 24.8 Å². The van der Waals surface area contributed by atoms with Crippen LogP contribution in [-0.2, 0) is 11.2 Å². The minimum absolute atomic E-state index is 0.0654. The summed E-state index contributed by atoms with van der Waals surface area (Å²) >= 11 is 3.41. The number of ether oxygens (including phenoxy) is 2. The quantitative estimate of drug-likeness (QED) is 0.444. The number of hydrogen-bond donors (Lipinski definition) is 1. The minimum Gasteiger partial charge on any atom is -0.493 e. The van der Waals surface area contributed by atoms with E-state index < -0.39 is 0 Å². The van der Waals surface area contributed by atoms with E-state index in [0.717, 1.165) is 21.2 Å². The molecule has 0 unspecified atom stereocenters. The summed E-state index contributed by atoms with van der Waals surface area (Å²) in [5, 5.41) is 12.1. The van der Waals surface area contributed by atoms with E-state index in [2.05, 4.69) is 39.8 Å². The molecule has 0 aromatic heterocycles. The van der Waals surface area contributed by atoms with Gasteiger partial charge < -0.3 is 14.8 Å². The molecule has 1 heterocycles. The van der Waals surface area contributed by atoms with Crippen LogP contribution in [0.25, 0.3) is 6.08 Å². The number of benzene rings is 2. The Bertz CT molecular complexity index is 1030. The van der Waals surface area contributed by atoms with Gasteiger partial charge in [0.2, 0.25) is 0 Å². The highest BCUT2D eigenvalue weighted by Gasteiger charge is 2.24. The van der Waals surface area contributed by atoms with Crippen LogP contribution in [0.3, 0.4) is 0 Å². The molecule has 6 nitrogen and oxygen atoms in total. The van der Waals surface area contributed by atoms with Gasteiger partial charge in [0.05, 0.1) is 21.3 Å². The zero-order chi connectivity index (χ0) is 20.8. The molecule has 0 bridgehead atoms. The highest BCUT2D eigenvalue weighted by molar-refractivity contribution is 14.1. The van der Waals surface area contributed by atoms with E-state index in [1.807, 2.05) is 36.4 Å². The largest absolute Gasteiger partial charge is 0.493 e. The minimum atomic E-state index is -0.197. The molecule has 0 saturated carbocycles. The summed E-state index contributed by atoms with van der Waals surface area (Å²) in [6, 6.07) is 13.5. The number of rotatable bonds is 6. The molecule has 0 aliphatic carbocycles. The second-order valence-corrected chi connectivity index (χ2v) is 8.18. The molecular formula is C21H18IN3O3S.